The second kappa shape index (κ2) is 5.97. The van der Waals surface area contributed by atoms with E-state index < -0.39 is 33.5 Å². The molecule has 3 atom stereocenters. The van der Waals surface area contributed by atoms with Crippen LogP contribution in [0.3, 0.4) is 0 Å². The molecule has 0 spiro atoms. The number of Topliss-reactive ketones (excluding diaryl/α,β-unsaturated/α-hetero) is 1. The van der Waals surface area contributed by atoms with E-state index in [1.54, 1.807) is 12.1 Å². The van der Waals surface area contributed by atoms with E-state index in [0.29, 0.717) is 19.3 Å². The van der Waals surface area contributed by atoms with Crippen LogP contribution in [0.1, 0.15) is 31.2 Å². The molecule has 2 bridgehead atoms. The first-order valence-corrected chi connectivity index (χ1v) is 9.34. The lowest BCUT2D eigenvalue weighted by Gasteiger charge is -2.33. The third-order valence-electron chi connectivity index (χ3n) is 5.13. The van der Waals surface area contributed by atoms with Gasteiger partial charge in [0.05, 0.1) is 18.1 Å². The molecule has 0 radical (unpaired) electrons. The van der Waals surface area contributed by atoms with E-state index in [2.05, 4.69) is 0 Å². The van der Waals surface area contributed by atoms with Crippen molar-refractivity contribution in [3.8, 4) is 0 Å². The lowest BCUT2D eigenvalue weighted by Crippen LogP contribution is -2.46. The van der Waals surface area contributed by atoms with Crippen molar-refractivity contribution in [2.75, 3.05) is 7.11 Å². The van der Waals surface area contributed by atoms with Gasteiger partial charge in [-0.05, 0) is 44.7 Å². The monoisotopic (exact) mass is 352 g/mol. The molecule has 0 saturated heterocycles. The lowest BCUT2D eigenvalue weighted by atomic mass is 9.73. The fourth-order valence-electron chi connectivity index (χ4n) is 3.74. The molecule has 2 saturated carbocycles. The number of hydrogen-bond donors (Lipinski definition) is 0. The molecule has 2 fully saturated rings. The first-order chi connectivity index (χ1) is 11.3. The van der Waals surface area contributed by atoms with Crippen LogP contribution >= 0.6 is 0 Å². The number of carbonyl (C=O) groups excluding carboxylic acids is 2. The van der Waals surface area contributed by atoms with Crippen molar-refractivity contribution < 1.29 is 26.9 Å². The zero-order valence-corrected chi connectivity index (χ0v) is 14.5. The number of fused-ring (bicyclic) bond motifs is 2. The van der Waals surface area contributed by atoms with Gasteiger partial charge in [0.2, 0.25) is 0 Å². The molecule has 0 aliphatic heterocycles. The summed E-state index contributed by atoms with van der Waals surface area (Å²) in [5, 5.41) is 0. The van der Waals surface area contributed by atoms with Crippen molar-refractivity contribution in [3.63, 3.8) is 0 Å². The Morgan fingerprint density at radius 1 is 1.17 bits per heavy atom. The molecule has 0 unspecified atom stereocenters. The molecule has 0 amide bonds. The van der Waals surface area contributed by atoms with Gasteiger partial charge < -0.3 is 4.74 Å². The van der Waals surface area contributed by atoms with E-state index in [0.717, 1.165) is 5.56 Å². The molecule has 6 nitrogen and oxygen atoms in total. The minimum absolute atomic E-state index is 0.0725. The van der Waals surface area contributed by atoms with Crippen molar-refractivity contribution >= 4 is 21.9 Å². The topological polar surface area (TPSA) is 86.7 Å². The number of esters is 1. The van der Waals surface area contributed by atoms with Crippen molar-refractivity contribution in [2.24, 2.45) is 11.3 Å². The zero-order valence-electron chi connectivity index (χ0n) is 13.7. The molecular weight excluding hydrogens is 332 g/mol. The number of ether oxygens (including phenoxy) is 1. The van der Waals surface area contributed by atoms with Crippen LogP contribution in [-0.4, -0.2) is 33.4 Å². The van der Waals surface area contributed by atoms with Gasteiger partial charge in [0, 0.05) is 5.92 Å². The Kier molecular flexibility index (Phi) is 4.25. The maximum Gasteiger partial charge on any atom is 0.319 e. The molecular formula is C17H20O6S. The van der Waals surface area contributed by atoms with E-state index in [4.69, 9.17) is 8.92 Å². The largest absolute Gasteiger partial charge is 0.468 e. The Morgan fingerprint density at radius 3 is 2.42 bits per heavy atom. The van der Waals surface area contributed by atoms with E-state index in [1.807, 2.05) is 6.92 Å². The number of rotatable bonds is 4. The second-order valence-electron chi connectivity index (χ2n) is 6.52. The van der Waals surface area contributed by atoms with E-state index in [-0.39, 0.29) is 17.1 Å². The normalized spacial score (nSPS) is 29.5. The number of benzene rings is 1. The highest BCUT2D eigenvalue weighted by Crippen LogP contribution is 2.50. The minimum atomic E-state index is -3.94. The summed E-state index contributed by atoms with van der Waals surface area (Å²) >= 11 is 0. The van der Waals surface area contributed by atoms with Gasteiger partial charge in [-0.25, -0.2) is 0 Å². The van der Waals surface area contributed by atoms with Gasteiger partial charge >= 0.3 is 5.97 Å². The molecule has 1 aromatic carbocycles. The molecule has 0 heterocycles. The predicted octanol–water partition coefficient (Wildman–Crippen LogP) is 2.00. The van der Waals surface area contributed by atoms with E-state index >= 15 is 0 Å². The highest BCUT2D eigenvalue weighted by Gasteiger charge is 2.59. The summed E-state index contributed by atoms with van der Waals surface area (Å²) in [6.07, 6.45) is 0.735. The summed E-state index contributed by atoms with van der Waals surface area (Å²) in [6.45, 7) is 1.86. The molecule has 0 N–H and O–H groups in total. The van der Waals surface area contributed by atoms with E-state index in [1.165, 1.54) is 19.2 Å². The molecule has 2 aliphatic rings. The number of hydrogen-bond acceptors (Lipinski definition) is 6. The van der Waals surface area contributed by atoms with Crippen LogP contribution in [0, 0.1) is 18.3 Å². The van der Waals surface area contributed by atoms with Crippen LogP contribution in [0.5, 0.6) is 0 Å². The third kappa shape index (κ3) is 2.65. The Labute approximate surface area is 141 Å². The van der Waals surface area contributed by atoms with Crippen LogP contribution in [0.4, 0.5) is 0 Å². The molecule has 7 heteroatoms. The standard InChI is InChI=1S/C17H20O6S/c1-11-3-5-12(6-4-11)24(20,21)23-14-8-10-17(16(19)22-2)9-7-13(14)15(17)18/h3-6,13-14H,7-10H2,1-2H3/t13-,14+,17-/m0/s1. The fourth-order valence-corrected chi connectivity index (χ4v) is 4.88. The Bertz CT molecular complexity index is 767. The third-order valence-corrected chi connectivity index (χ3v) is 6.48. The van der Waals surface area contributed by atoms with Gasteiger partial charge in [-0.2, -0.15) is 8.42 Å². The Morgan fingerprint density at radius 2 is 1.79 bits per heavy atom. The summed E-state index contributed by atoms with van der Waals surface area (Å²) in [4.78, 5) is 24.7. The van der Waals surface area contributed by atoms with Gasteiger partial charge in [-0.3, -0.25) is 13.8 Å². The van der Waals surface area contributed by atoms with Crippen molar-refractivity contribution in [3.05, 3.63) is 29.8 Å². The fraction of sp³-hybridized carbons (Fsp3) is 0.529. The molecule has 0 aromatic heterocycles. The first kappa shape index (κ1) is 17.1. The van der Waals surface area contributed by atoms with Crippen LogP contribution in [0.15, 0.2) is 29.2 Å². The maximum atomic E-state index is 12.6. The Balaban J connectivity index is 1.80. The first-order valence-electron chi connectivity index (χ1n) is 7.93. The quantitative estimate of drug-likeness (QED) is 0.468. The van der Waals surface area contributed by atoms with Gasteiger partial charge in [0.1, 0.15) is 5.41 Å². The van der Waals surface area contributed by atoms with Crippen LogP contribution in [-0.2, 0) is 28.6 Å². The average Bonchev–Trinajstić information content (AvgIpc) is 2.76. The maximum absolute atomic E-state index is 12.6. The predicted molar refractivity (Wildman–Crippen MR) is 84.7 cm³/mol. The smallest absolute Gasteiger partial charge is 0.319 e. The van der Waals surface area contributed by atoms with Crippen molar-refractivity contribution in [1.82, 2.24) is 0 Å². The van der Waals surface area contributed by atoms with E-state index in [9.17, 15) is 18.0 Å². The number of methoxy groups -OCH3 is 1. The van der Waals surface area contributed by atoms with Crippen molar-refractivity contribution in [1.29, 1.82) is 0 Å². The summed E-state index contributed by atoms with van der Waals surface area (Å²) in [7, 11) is -2.67. The van der Waals surface area contributed by atoms with Crippen LogP contribution < -0.4 is 0 Å². The summed E-state index contributed by atoms with van der Waals surface area (Å²) < 4.78 is 35.0. The second-order valence-corrected chi connectivity index (χ2v) is 8.10. The Hall–Kier alpha value is -1.73. The zero-order chi connectivity index (χ0) is 17.5. The number of carbonyl (C=O) groups is 2. The van der Waals surface area contributed by atoms with Gasteiger partial charge in [-0.15, -0.1) is 0 Å². The molecule has 130 valence electrons. The SMILES string of the molecule is COC(=O)[C@]12CC[C@H](C1=O)[C@H](OS(=O)(=O)c1ccc(C)cc1)CC2. The van der Waals surface area contributed by atoms with Gasteiger partial charge in [-0.1, -0.05) is 17.7 Å². The average molecular weight is 352 g/mol. The molecule has 24 heavy (non-hydrogen) atoms. The number of aryl methyl sites for hydroxylation is 1. The van der Waals surface area contributed by atoms with Crippen LogP contribution in [0.25, 0.3) is 0 Å². The lowest BCUT2D eigenvalue weighted by molar-refractivity contribution is -0.160. The summed E-state index contributed by atoms with van der Waals surface area (Å²) in [6, 6.07) is 6.37. The minimum Gasteiger partial charge on any atom is -0.468 e. The highest BCUT2D eigenvalue weighted by molar-refractivity contribution is 7.86. The summed E-state index contributed by atoms with van der Waals surface area (Å²) in [5.74, 6) is -1.34. The van der Waals surface area contributed by atoms with Gasteiger partial charge in [0.15, 0.2) is 5.78 Å². The molecule has 3 rings (SSSR count). The highest BCUT2D eigenvalue weighted by atomic mass is 32.2. The summed E-state index contributed by atoms with van der Waals surface area (Å²) in [5.41, 5.74) is -0.159. The molecule has 1 aromatic rings. The number of ketones is 1. The van der Waals surface area contributed by atoms with Gasteiger partial charge in [0.25, 0.3) is 10.1 Å². The van der Waals surface area contributed by atoms with Crippen molar-refractivity contribution in [2.45, 2.75) is 43.6 Å². The molecule has 2 aliphatic carbocycles. The van der Waals surface area contributed by atoms with Crippen LogP contribution in [0.2, 0.25) is 0 Å².